The molecule has 0 saturated carbocycles. The first-order chi connectivity index (χ1) is 12.9. The van der Waals surface area contributed by atoms with E-state index in [2.05, 4.69) is 5.32 Å². The number of hydrogen-bond acceptors (Lipinski definition) is 6. The number of aryl methyl sites for hydroxylation is 1. The Bertz CT molecular complexity index is 953. The number of nitrogens with one attached hydrogen (secondary N) is 1. The van der Waals surface area contributed by atoms with E-state index in [1.54, 1.807) is 31.2 Å². The molecule has 0 spiro atoms. The van der Waals surface area contributed by atoms with E-state index in [1.165, 1.54) is 19.3 Å². The van der Waals surface area contributed by atoms with E-state index in [0.29, 0.717) is 28.0 Å². The van der Waals surface area contributed by atoms with E-state index in [9.17, 15) is 14.4 Å². The number of carbonyl (C=O) groups excluding carboxylic acids is 3. The van der Waals surface area contributed by atoms with Crippen LogP contribution in [0.2, 0.25) is 5.02 Å². The summed E-state index contributed by atoms with van der Waals surface area (Å²) in [6.45, 7) is 1.38. The number of thioether (sulfide) groups is 1. The third kappa shape index (κ3) is 4.35. The monoisotopic (exact) mass is 406 g/mol. The summed E-state index contributed by atoms with van der Waals surface area (Å²) in [5.74, 6) is 0.572. The Morgan fingerprint density at radius 3 is 2.74 bits per heavy atom. The minimum atomic E-state index is -0.540. The van der Waals surface area contributed by atoms with E-state index in [-0.39, 0.29) is 4.91 Å². The molecular formula is C18H15ClN2O5S. The van der Waals surface area contributed by atoms with Gasteiger partial charge in [-0.05, 0) is 49.0 Å². The molecule has 0 aliphatic carbocycles. The first-order valence-electron chi connectivity index (χ1n) is 7.82. The van der Waals surface area contributed by atoms with Gasteiger partial charge in [-0.2, -0.15) is 0 Å². The van der Waals surface area contributed by atoms with E-state index >= 15 is 0 Å². The highest BCUT2D eigenvalue weighted by Crippen LogP contribution is 2.32. The molecule has 0 unspecified atom stereocenters. The number of amides is 3. The van der Waals surface area contributed by atoms with Crippen LogP contribution in [0.5, 0.6) is 5.75 Å². The molecule has 0 atom stereocenters. The van der Waals surface area contributed by atoms with Crippen LogP contribution in [-0.4, -0.2) is 35.6 Å². The Kier molecular flexibility index (Phi) is 5.57. The van der Waals surface area contributed by atoms with Gasteiger partial charge < -0.3 is 14.5 Å². The number of anilines is 1. The second kappa shape index (κ2) is 7.89. The molecule has 3 amide bonds. The standard InChI is InChI=1S/C18H15ClN2O5S/c1-10-3-5-12(26-10)8-15-17(23)21(18(24)27-15)9-16(22)20-11-4-6-14(25-2)13(19)7-11/h3-8H,9H2,1-2H3,(H,20,22)/b15-8+. The predicted molar refractivity (Wildman–Crippen MR) is 103 cm³/mol. The first-order valence-corrected chi connectivity index (χ1v) is 9.02. The number of hydrogen-bond donors (Lipinski definition) is 1. The lowest BCUT2D eigenvalue weighted by atomic mass is 10.3. The van der Waals surface area contributed by atoms with Gasteiger partial charge in [-0.3, -0.25) is 19.3 Å². The van der Waals surface area contributed by atoms with Crippen molar-refractivity contribution in [3.8, 4) is 5.75 Å². The van der Waals surface area contributed by atoms with E-state index < -0.39 is 23.6 Å². The molecule has 3 rings (SSSR count). The second-order valence-corrected chi connectivity index (χ2v) is 7.01. The number of halogens is 1. The van der Waals surface area contributed by atoms with Gasteiger partial charge >= 0.3 is 0 Å². The zero-order chi connectivity index (χ0) is 19.6. The van der Waals surface area contributed by atoms with Crippen LogP contribution in [0.4, 0.5) is 10.5 Å². The maximum atomic E-state index is 12.4. The van der Waals surface area contributed by atoms with Gasteiger partial charge in [0.2, 0.25) is 5.91 Å². The maximum Gasteiger partial charge on any atom is 0.294 e. The number of nitrogens with zero attached hydrogens (tertiary/aromatic N) is 1. The largest absolute Gasteiger partial charge is 0.495 e. The molecule has 140 valence electrons. The fraction of sp³-hybridized carbons (Fsp3) is 0.167. The summed E-state index contributed by atoms with van der Waals surface area (Å²) in [7, 11) is 1.48. The Morgan fingerprint density at radius 2 is 2.11 bits per heavy atom. The van der Waals surface area contributed by atoms with E-state index in [4.69, 9.17) is 20.8 Å². The van der Waals surface area contributed by atoms with Gasteiger partial charge in [0.15, 0.2) is 0 Å². The Labute approximate surface area is 164 Å². The Hall–Kier alpha value is -2.71. The molecule has 2 aromatic rings. The van der Waals surface area contributed by atoms with Crippen molar-refractivity contribution < 1.29 is 23.5 Å². The van der Waals surface area contributed by atoms with Crippen molar-refractivity contribution in [3.63, 3.8) is 0 Å². The van der Waals surface area contributed by atoms with E-state index in [0.717, 1.165) is 16.7 Å². The van der Waals surface area contributed by atoms with Crippen LogP contribution in [0.15, 0.2) is 39.7 Å². The maximum absolute atomic E-state index is 12.4. The van der Waals surface area contributed by atoms with Gasteiger partial charge in [0.05, 0.1) is 17.0 Å². The molecule has 1 aromatic heterocycles. The van der Waals surface area contributed by atoms with E-state index in [1.807, 2.05) is 0 Å². The lowest BCUT2D eigenvalue weighted by Crippen LogP contribution is -2.36. The van der Waals surface area contributed by atoms with Crippen LogP contribution in [0, 0.1) is 6.92 Å². The van der Waals surface area contributed by atoms with Gasteiger partial charge in [0, 0.05) is 11.8 Å². The number of imide groups is 1. The smallest absolute Gasteiger partial charge is 0.294 e. The second-order valence-electron chi connectivity index (χ2n) is 5.61. The number of ether oxygens (including phenoxy) is 1. The van der Waals surface area contributed by atoms with Crippen molar-refractivity contribution in [2.75, 3.05) is 19.0 Å². The molecular weight excluding hydrogens is 392 g/mol. The van der Waals surface area contributed by atoms with Gasteiger partial charge in [-0.25, -0.2) is 0 Å². The molecule has 27 heavy (non-hydrogen) atoms. The van der Waals surface area contributed by atoms with Crippen LogP contribution in [0.3, 0.4) is 0 Å². The molecule has 9 heteroatoms. The van der Waals surface area contributed by atoms with Crippen LogP contribution >= 0.6 is 23.4 Å². The fourth-order valence-electron chi connectivity index (χ4n) is 2.38. The zero-order valence-electron chi connectivity index (χ0n) is 14.4. The molecule has 1 fully saturated rings. The molecule has 0 bridgehead atoms. The van der Waals surface area contributed by atoms with Crippen molar-refractivity contribution in [2.45, 2.75) is 6.92 Å². The quantitative estimate of drug-likeness (QED) is 0.757. The zero-order valence-corrected chi connectivity index (χ0v) is 16.0. The number of methoxy groups -OCH3 is 1. The summed E-state index contributed by atoms with van der Waals surface area (Å²) in [5, 5.41) is 2.41. The fourth-order valence-corrected chi connectivity index (χ4v) is 3.46. The first kappa shape index (κ1) is 19.1. The third-order valence-electron chi connectivity index (χ3n) is 3.65. The number of carbonyl (C=O) groups is 3. The SMILES string of the molecule is COc1ccc(NC(=O)CN2C(=O)S/C(=C/c3ccc(C)o3)C2=O)cc1Cl. The van der Waals surface area contributed by atoms with Crippen molar-refractivity contribution in [1.29, 1.82) is 0 Å². The number of benzene rings is 1. The van der Waals surface area contributed by atoms with Gasteiger partial charge in [-0.15, -0.1) is 0 Å². The summed E-state index contributed by atoms with van der Waals surface area (Å²) in [4.78, 5) is 37.8. The van der Waals surface area contributed by atoms with Crippen LogP contribution in [0.1, 0.15) is 11.5 Å². The third-order valence-corrected chi connectivity index (χ3v) is 4.85. The minimum absolute atomic E-state index is 0.203. The molecule has 2 heterocycles. The number of rotatable bonds is 5. The van der Waals surface area contributed by atoms with Crippen molar-refractivity contribution >= 4 is 52.2 Å². The van der Waals surface area contributed by atoms with Gasteiger partial charge in [-0.1, -0.05) is 11.6 Å². The van der Waals surface area contributed by atoms with Crippen LogP contribution < -0.4 is 10.1 Å². The van der Waals surface area contributed by atoms with Crippen molar-refractivity contribution in [3.05, 3.63) is 51.8 Å². The lowest BCUT2D eigenvalue weighted by molar-refractivity contribution is -0.127. The number of furan rings is 1. The molecule has 1 aliphatic rings. The minimum Gasteiger partial charge on any atom is -0.495 e. The molecule has 1 N–H and O–H groups in total. The Balaban J connectivity index is 1.67. The molecule has 1 aromatic carbocycles. The summed E-state index contributed by atoms with van der Waals surface area (Å²) in [5.41, 5.74) is 0.430. The highest BCUT2D eigenvalue weighted by molar-refractivity contribution is 8.18. The molecule has 1 aliphatic heterocycles. The van der Waals surface area contributed by atoms with Gasteiger partial charge in [0.25, 0.3) is 11.1 Å². The van der Waals surface area contributed by atoms with Crippen LogP contribution in [0.25, 0.3) is 6.08 Å². The van der Waals surface area contributed by atoms with Crippen molar-refractivity contribution in [1.82, 2.24) is 4.90 Å². The van der Waals surface area contributed by atoms with Gasteiger partial charge in [0.1, 0.15) is 23.8 Å². The summed E-state index contributed by atoms with van der Waals surface area (Å²) in [6.07, 6.45) is 1.49. The summed E-state index contributed by atoms with van der Waals surface area (Å²) < 4.78 is 10.4. The lowest BCUT2D eigenvalue weighted by Gasteiger charge is -2.13. The Morgan fingerprint density at radius 1 is 1.33 bits per heavy atom. The molecule has 1 saturated heterocycles. The van der Waals surface area contributed by atoms with Crippen LogP contribution in [-0.2, 0) is 9.59 Å². The summed E-state index contributed by atoms with van der Waals surface area (Å²) >= 11 is 6.78. The highest BCUT2D eigenvalue weighted by Gasteiger charge is 2.36. The van der Waals surface area contributed by atoms with Crippen molar-refractivity contribution in [2.24, 2.45) is 0 Å². The summed E-state index contributed by atoms with van der Waals surface area (Å²) in [6, 6.07) is 8.18. The average molecular weight is 407 g/mol. The highest BCUT2D eigenvalue weighted by atomic mass is 35.5. The predicted octanol–water partition coefficient (Wildman–Crippen LogP) is 3.93. The molecule has 7 nitrogen and oxygen atoms in total. The molecule has 0 radical (unpaired) electrons. The topological polar surface area (TPSA) is 88.8 Å². The average Bonchev–Trinajstić information content (AvgIpc) is 3.13. The normalized spacial score (nSPS) is 15.5.